The lowest BCUT2D eigenvalue weighted by Gasteiger charge is -2.26. The molecule has 0 saturated carbocycles. The van der Waals surface area contributed by atoms with Crippen LogP contribution in [0.3, 0.4) is 0 Å². The van der Waals surface area contributed by atoms with Crippen molar-refractivity contribution in [3.8, 4) is 0 Å². The summed E-state index contributed by atoms with van der Waals surface area (Å²) in [7, 11) is 0. The molecule has 1 aliphatic heterocycles. The number of thiazole rings is 1. The van der Waals surface area contributed by atoms with Crippen molar-refractivity contribution in [2.75, 3.05) is 18.1 Å². The van der Waals surface area contributed by atoms with Crippen LogP contribution in [0, 0.1) is 12.8 Å². The summed E-state index contributed by atoms with van der Waals surface area (Å²) in [5.74, 6) is 3.65. The Labute approximate surface area is 119 Å². The Balaban J connectivity index is 1.86. The van der Waals surface area contributed by atoms with Crippen molar-refractivity contribution >= 4 is 23.1 Å². The number of rotatable bonds is 6. The Bertz CT molecular complexity index is 345. The molecule has 0 radical (unpaired) electrons. The molecule has 1 fully saturated rings. The maximum atomic E-state index is 4.60. The Morgan fingerprint density at radius 2 is 2.22 bits per heavy atom. The minimum Gasteiger partial charge on any atom is -0.314 e. The van der Waals surface area contributed by atoms with Gasteiger partial charge in [0.05, 0.1) is 10.7 Å². The lowest BCUT2D eigenvalue weighted by molar-refractivity contribution is 0.365. The minimum atomic E-state index is 0.615. The molecular weight excluding hydrogens is 260 g/mol. The Hall–Kier alpha value is -0.0600. The summed E-state index contributed by atoms with van der Waals surface area (Å²) in [4.78, 5) is 4.60. The van der Waals surface area contributed by atoms with Crippen LogP contribution in [0.5, 0.6) is 0 Å². The summed E-state index contributed by atoms with van der Waals surface area (Å²) in [6.45, 7) is 5.36. The molecule has 0 spiro atoms. The number of nitrogens with zero attached hydrogens (tertiary/aromatic N) is 1. The van der Waals surface area contributed by atoms with E-state index in [1.807, 2.05) is 0 Å². The highest BCUT2D eigenvalue weighted by atomic mass is 32.2. The SMILES string of the molecule is CCNC(Cc1csc(C)n1)CC1CCSCC1. The second-order valence-corrected chi connectivity index (χ2v) is 7.40. The van der Waals surface area contributed by atoms with Gasteiger partial charge < -0.3 is 5.32 Å². The smallest absolute Gasteiger partial charge is 0.0897 e. The molecule has 0 amide bonds. The third-order valence-corrected chi connectivity index (χ3v) is 5.44. The van der Waals surface area contributed by atoms with Crippen LogP contribution in [-0.4, -0.2) is 29.1 Å². The van der Waals surface area contributed by atoms with Gasteiger partial charge in [0, 0.05) is 17.8 Å². The van der Waals surface area contributed by atoms with Crippen LogP contribution in [-0.2, 0) is 6.42 Å². The first-order chi connectivity index (χ1) is 8.78. The fourth-order valence-electron chi connectivity index (χ4n) is 2.67. The topological polar surface area (TPSA) is 24.9 Å². The second-order valence-electron chi connectivity index (χ2n) is 5.11. The average Bonchev–Trinajstić information content (AvgIpc) is 2.76. The quantitative estimate of drug-likeness (QED) is 0.865. The van der Waals surface area contributed by atoms with Gasteiger partial charge in [0.25, 0.3) is 0 Å². The summed E-state index contributed by atoms with van der Waals surface area (Å²) in [6, 6.07) is 0.615. The van der Waals surface area contributed by atoms with Crippen LogP contribution < -0.4 is 5.32 Å². The molecule has 2 heterocycles. The van der Waals surface area contributed by atoms with Gasteiger partial charge in [-0.2, -0.15) is 11.8 Å². The zero-order valence-corrected chi connectivity index (χ0v) is 13.1. The minimum absolute atomic E-state index is 0.615. The zero-order valence-electron chi connectivity index (χ0n) is 11.4. The van der Waals surface area contributed by atoms with Gasteiger partial charge in [-0.25, -0.2) is 4.98 Å². The van der Waals surface area contributed by atoms with Crippen LogP contribution in [0.15, 0.2) is 5.38 Å². The Kier molecular flexibility index (Phi) is 5.99. The van der Waals surface area contributed by atoms with Gasteiger partial charge in [-0.05, 0) is 50.2 Å². The number of aryl methyl sites for hydroxylation is 1. The van der Waals surface area contributed by atoms with E-state index in [4.69, 9.17) is 0 Å². The molecule has 1 aliphatic rings. The van der Waals surface area contributed by atoms with Crippen LogP contribution in [0.1, 0.15) is 36.9 Å². The van der Waals surface area contributed by atoms with E-state index in [0.717, 1.165) is 18.9 Å². The normalized spacial score (nSPS) is 19.0. The number of aromatic nitrogens is 1. The van der Waals surface area contributed by atoms with Crippen molar-refractivity contribution in [2.24, 2.45) is 5.92 Å². The van der Waals surface area contributed by atoms with Crippen LogP contribution in [0.2, 0.25) is 0 Å². The van der Waals surface area contributed by atoms with Crippen LogP contribution in [0.4, 0.5) is 0 Å². The van der Waals surface area contributed by atoms with Gasteiger partial charge in [-0.1, -0.05) is 6.92 Å². The Morgan fingerprint density at radius 1 is 1.44 bits per heavy atom. The van der Waals surface area contributed by atoms with Gasteiger partial charge in [0.15, 0.2) is 0 Å². The van der Waals surface area contributed by atoms with Gasteiger partial charge in [-0.3, -0.25) is 0 Å². The molecule has 4 heteroatoms. The fraction of sp³-hybridized carbons (Fsp3) is 0.786. The molecule has 2 rings (SSSR count). The van der Waals surface area contributed by atoms with Crippen molar-refractivity contribution in [3.05, 3.63) is 16.1 Å². The molecule has 1 aromatic heterocycles. The van der Waals surface area contributed by atoms with E-state index in [2.05, 4.69) is 41.3 Å². The largest absolute Gasteiger partial charge is 0.314 e. The molecular formula is C14H24N2S2. The first kappa shape index (κ1) is 14.4. The summed E-state index contributed by atoms with van der Waals surface area (Å²) in [6.07, 6.45) is 5.23. The van der Waals surface area contributed by atoms with E-state index in [1.54, 1.807) is 11.3 Å². The third kappa shape index (κ3) is 4.56. The van der Waals surface area contributed by atoms with Crippen molar-refractivity contribution in [1.29, 1.82) is 0 Å². The Morgan fingerprint density at radius 3 is 2.83 bits per heavy atom. The fourth-order valence-corrected chi connectivity index (χ4v) is 4.50. The lowest BCUT2D eigenvalue weighted by atomic mass is 9.92. The standard InChI is InChI=1S/C14H24N2S2/c1-3-15-13(8-12-4-6-17-7-5-12)9-14-10-18-11(2)16-14/h10,12-13,15H,3-9H2,1-2H3. The summed E-state index contributed by atoms with van der Waals surface area (Å²) in [5, 5.41) is 7.05. The lowest BCUT2D eigenvalue weighted by Crippen LogP contribution is -2.34. The molecule has 0 aliphatic carbocycles. The third-order valence-electron chi connectivity index (χ3n) is 3.57. The molecule has 1 N–H and O–H groups in total. The highest BCUT2D eigenvalue weighted by Gasteiger charge is 2.19. The van der Waals surface area contributed by atoms with Gasteiger partial charge in [0.2, 0.25) is 0 Å². The molecule has 2 nitrogen and oxygen atoms in total. The number of nitrogens with one attached hydrogen (secondary N) is 1. The molecule has 1 aromatic rings. The number of hydrogen-bond acceptors (Lipinski definition) is 4. The highest BCUT2D eigenvalue weighted by Crippen LogP contribution is 2.27. The first-order valence-electron chi connectivity index (χ1n) is 7.00. The predicted octanol–water partition coefficient (Wildman–Crippen LogP) is 3.51. The van der Waals surface area contributed by atoms with Gasteiger partial charge in [-0.15, -0.1) is 11.3 Å². The number of hydrogen-bond donors (Lipinski definition) is 1. The van der Waals surface area contributed by atoms with Crippen LogP contribution in [0.25, 0.3) is 0 Å². The summed E-state index contributed by atoms with van der Waals surface area (Å²) >= 11 is 3.88. The molecule has 0 aromatic carbocycles. The second kappa shape index (κ2) is 7.51. The van der Waals surface area contributed by atoms with Crippen LogP contribution >= 0.6 is 23.1 Å². The molecule has 102 valence electrons. The number of thioether (sulfide) groups is 1. The van der Waals surface area contributed by atoms with E-state index < -0.39 is 0 Å². The first-order valence-corrected chi connectivity index (χ1v) is 9.03. The summed E-state index contributed by atoms with van der Waals surface area (Å²) < 4.78 is 0. The van der Waals surface area contributed by atoms with E-state index >= 15 is 0 Å². The van der Waals surface area contributed by atoms with E-state index in [1.165, 1.54) is 41.5 Å². The predicted molar refractivity (Wildman–Crippen MR) is 82.7 cm³/mol. The van der Waals surface area contributed by atoms with E-state index in [9.17, 15) is 0 Å². The van der Waals surface area contributed by atoms with Gasteiger partial charge >= 0.3 is 0 Å². The number of likely N-dealkylation sites (N-methyl/N-ethyl adjacent to an activating group) is 1. The van der Waals surface area contributed by atoms with Crippen molar-refractivity contribution in [3.63, 3.8) is 0 Å². The summed E-state index contributed by atoms with van der Waals surface area (Å²) in [5.41, 5.74) is 1.27. The zero-order chi connectivity index (χ0) is 12.8. The van der Waals surface area contributed by atoms with Gasteiger partial charge in [0.1, 0.15) is 0 Å². The maximum absolute atomic E-state index is 4.60. The van der Waals surface area contributed by atoms with Crippen molar-refractivity contribution in [2.45, 2.75) is 45.6 Å². The molecule has 1 atom stereocenters. The van der Waals surface area contributed by atoms with E-state index in [0.29, 0.717) is 6.04 Å². The van der Waals surface area contributed by atoms with Crippen molar-refractivity contribution < 1.29 is 0 Å². The van der Waals surface area contributed by atoms with Crippen molar-refractivity contribution in [1.82, 2.24) is 10.3 Å². The molecule has 0 bridgehead atoms. The maximum Gasteiger partial charge on any atom is 0.0897 e. The molecule has 18 heavy (non-hydrogen) atoms. The monoisotopic (exact) mass is 284 g/mol. The molecule has 1 saturated heterocycles. The average molecular weight is 284 g/mol. The highest BCUT2D eigenvalue weighted by molar-refractivity contribution is 7.99. The van der Waals surface area contributed by atoms with E-state index in [-0.39, 0.29) is 0 Å². The molecule has 1 unspecified atom stereocenters.